The fraction of sp³-hybridized carbons (Fsp3) is 0.600. The molecule has 1 N–H and O–H groups in total. The molecule has 1 nitrogen and oxygen atoms in total. The molecule has 1 aliphatic carbocycles. The Kier molecular flexibility index (Phi) is 1.09. The Bertz CT molecular complexity index is 107. The molecule has 0 aromatic rings. The normalized spacial score (nSPS) is 19.0. The van der Waals surface area contributed by atoms with E-state index in [0.29, 0.717) is 0 Å². The lowest BCUT2D eigenvalue weighted by molar-refractivity contribution is 0.753. The molecule has 7 heavy (non-hydrogen) atoms. The minimum atomic E-state index is 1.03. The van der Waals surface area contributed by atoms with Gasteiger partial charge in [0.15, 0.2) is 0 Å². The summed E-state index contributed by atoms with van der Waals surface area (Å²) < 4.78 is 0. The Morgan fingerprint density at radius 3 is 2.29 bits per heavy atom. The molecule has 0 amide bonds. The van der Waals surface area contributed by atoms with Crippen LogP contribution < -0.4 is 5.32 Å². The summed E-state index contributed by atoms with van der Waals surface area (Å²) >= 11 is 0. The Balaban J connectivity index is 2.53. The second-order valence-corrected chi connectivity index (χ2v) is 1.75. The zero-order chi connectivity index (χ0) is 5.28. The zero-order valence-electron chi connectivity index (χ0n) is 4.49. The second kappa shape index (κ2) is 1.61. The van der Waals surface area contributed by atoms with E-state index in [2.05, 4.69) is 5.32 Å². The minimum absolute atomic E-state index is 1.03. The van der Waals surface area contributed by atoms with E-state index >= 15 is 0 Å². The largest absolute Gasteiger partial charge is 0.392 e. The highest BCUT2D eigenvalue weighted by atomic mass is 14.8. The highest BCUT2D eigenvalue weighted by Gasteiger charge is 2.08. The third-order valence-corrected chi connectivity index (χ3v) is 1.33. The highest BCUT2D eigenvalue weighted by Crippen LogP contribution is 2.20. The fourth-order valence-corrected chi connectivity index (χ4v) is 0.680. The van der Waals surface area contributed by atoms with Gasteiger partial charge in [0, 0.05) is 7.05 Å². The molecule has 0 bridgehead atoms. The van der Waals surface area contributed by atoms with Crippen LogP contribution in [0, 0.1) is 0 Å². The highest BCUT2D eigenvalue weighted by molar-refractivity contribution is 6.22. The van der Waals surface area contributed by atoms with Gasteiger partial charge >= 0.3 is 0 Å². The molecule has 0 aromatic heterocycles. The van der Waals surface area contributed by atoms with Gasteiger partial charge in [0.1, 0.15) is 7.85 Å². The maximum absolute atomic E-state index is 5.45. The van der Waals surface area contributed by atoms with E-state index in [1.165, 1.54) is 5.70 Å². The van der Waals surface area contributed by atoms with Crippen molar-refractivity contribution in [1.82, 2.24) is 5.32 Å². The van der Waals surface area contributed by atoms with Crippen molar-refractivity contribution >= 4 is 7.85 Å². The fourth-order valence-electron chi connectivity index (χ4n) is 0.680. The van der Waals surface area contributed by atoms with Crippen LogP contribution in [-0.4, -0.2) is 14.9 Å². The SMILES string of the molecule is [B]C1=C(NC)CC1. The summed E-state index contributed by atoms with van der Waals surface area (Å²) in [5.74, 6) is 0. The van der Waals surface area contributed by atoms with Crippen LogP contribution in [0.5, 0.6) is 0 Å². The summed E-state index contributed by atoms with van der Waals surface area (Å²) in [5, 5.41) is 3.01. The molecule has 0 spiro atoms. The first kappa shape index (κ1) is 4.76. The van der Waals surface area contributed by atoms with Crippen LogP contribution in [0.25, 0.3) is 0 Å². The van der Waals surface area contributed by atoms with Crippen molar-refractivity contribution in [2.45, 2.75) is 12.8 Å². The van der Waals surface area contributed by atoms with E-state index < -0.39 is 0 Å². The van der Waals surface area contributed by atoms with Crippen LogP contribution >= 0.6 is 0 Å². The first-order valence-electron chi connectivity index (χ1n) is 2.50. The molecule has 0 aromatic carbocycles. The van der Waals surface area contributed by atoms with Gasteiger partial charge in [-0.3, -0.25) is 0 Å². The molecule has 0 aliphatic heterocycles. The smallest absolute Gasteiger partial charge is 0.110 e. The van der Waals surface area contributed by atoms with Gasteiger partial charge in [-0.2, -0.15) is 0 Å². The van der Waals surface area contributed by atoms with Crippen molar-refractivity contribution in [3.63, 3.8) is 0 Å². The van der Waals surface area contributed by atoms with Gasteiger partial charge in [-0.25, -0.2) is 0 Å². The van der Waals surface area contributed by atoms with Gasteiger partial charge < -0.3 is 5.32 Å². The summed E-state index contributed by atoms with van der Waals surface area (Å²) in [6, 6.07) is 0. The molecule has 0 saturated carbocycles. The van der Waals surface area contributed by atoms with Gasteiger partial charge in [-0.05, 0) is 18.5 Å². The van der Waals surface area contributed by atoms with E-state index in [1.807, 2.05) is 7.05 Å². The third-order valence-electron chi connectivity index (χ3n) is 1.33. The zero-order valence-corrected chi connectivity index (χ0v) is 4.49. The van der Waals surface area contributed by atoms with Gasteiger partial charge in [0.25, 0.3) is 0 Å². The van der Waals surface area contributed by atoms with Crippen LogP contribution in [0.3, 0.4) is 0 Å². The van der Waals surface area contributed by atoms with Gasteiger partial charge in [0.2, 0.25) is 0 Å². The quantitative estimate of drug-likeness (QED) is 0.462. The predicted octanol–water partition coefficient (Wildman–Crippen LogP) is 0.380. The molecule has 1 aliphatic rings. The summed E-state index contributed by atoms with van der Waals surface area (Å²) in [6.07, 6.45) is 2.22. The van der Waals surface area contributed by atoms with E-state index in [1.54, 1.807) is 0 Å². The Morgan fingerprint density at radius 2 is 2.29 bits per heavy atom. The summed E-state index contributed by atoms with van der Waals surface area (Å²) in [6.45, 7) is 0. The third kappa shape index (κ3) is 0.648. The maximum Gasteiger partial charge on any atom is 0.110 e. The molecule has 0 fully saturated rings. The van der Waals surface area contributed by atoms with Crippen molar-refractivity contribution < 1.29 is 0 Å². The average Bonchev–Trinajstić information content (AvgIpc) is 1.65. The van der Waals surface area contributed by atoms with Crippen molar-refractivity contribution in [2.75, 3.05) is 7.05 Å². The number of rotatable bonds is 1. The summed E-state index contributed by atoms with van der Waals surface area (Å²) in [7, 11) is 7.35. The first-order valence-corrected chi connectivity index (χ1v) is 2.50. The van der Waals surface area contributed by atoms with Crippen LogP contribution in [0.4, 0.5) is 0 Å². The second-order valence-electron chi connectivity index (χ2n) is 1.75. The Hall–Kier alpha value is -0.395. The molecule has 0 saturated heterocycles. The van der Waals surface area contributed by atoms with Crippen molar-refractivity contribution in [3.05, 3.63) is 11.2 Å². The predicted molar refractivity (Wildman–Crippen MR) is 31.1 cm³/mol. The lowest BCUT2D eigenvalue weighted by atomic mass is 9.79. The lowest BCUT2D eigenvalue weighted by Crippen LogP contribution is -2.16. The Morgan fingerprint density at radius 1 is 1.57 bits per heavy atom. The molecular formula is C5H8BN. The van der Waals surface area contributed by atoms with Crippen LogP contribution in [-0.2, 0) is 0 Å². The number of hydrogen-bond acceptors (Lipinski definition) is 1. The van der Waals surface area contributed by atoms with Crippen molar-refractivity contribution in [3.8, 4) is 0 Å². The van der Waals surface area contributed by atoms with Crippen LogP contribution in [0.1, 0.15) is 12.8 Å². The first-order chi connectivity index (χ1) is 3.34. The lowest BCUT2D eigenvalue weighted by Gasteiger charge is -2.20. The van der Waals surface area contributed by atoms with Crippen LogP contribution in [0.2, 0.25) is 0 Å². The molecule has 2 radical (unpaired) electrons. The average molecular weight is 92.9 g/mol. The van der Waals surface area contributed by atoms with Crippen molar-refractivity contribution in [1.29, 1.82) is 0 Å². The molecule has 0 unspecified atom stereocenters. The summed E-state index contributed by atoms with van der Waals surface area (Å²) in [5.41, 5.74) is 2.25. The number of allylic oxidation sites excluding steroid dienone is 2. The standard InChI is InChI=1S/C5H8BN/c1-7-5-3-2-4(5)6/h7H,2-3H2,1H3. The van der Waals surface area contributed by atoms with E-state index in [-0.39, 0.29) is 0 Å². The van der Waals surface area contributed by atoms with E-state index in [0.717, 1.165) is 18.3 Å². The maximum atomic E-state index is 5.45. The van der Waals surface area contributed by atoms with Gasteiger partial charge in [-0.1, -0.05) is 5.47 Å². The number of hydrogen-bond donors (Lipinski definition) is 1. The van der Waals surface area contributed by atoms with Gasteiger partial charge in [-0.15, -0.1) is 0 Å². The van der Waals surface area contributed by atoms with Crippen LogP contribution in [0.15, 0.2) is 11.2 Å². The van der Waals surface area contributed by atoms with Gasteiger partial charge in [0.05, 0.1) is 0 Å². The monoisotopic (exact) mass is 93.1 g/mol. The molecule has 2 heteroatoms. The molecule has 36 valence electrons. The van der Waals surface area contributed by atoms with E-state index in [4.69, 9.17) is 7.85 Å². The summed E-state index contributed by atoms with van der Waals surface area (Å²) in [4.78, 5) is 0. The molecule has 0 atom stereocenters. The van der Waals surface area contributed by atoms with Crippen molar-refractivity contribution in [2.24, 2.45) is 0 Å². The Labute approximate surface area is 45.2 Å². The topological polar surface area (TPSA) is 12.0 Å². The molecular weight excluding hydrogens is 84.9 g/mol. The molecule has 0 heterocycles. The number of nitrogens with one attached hydrogen (secondary N) is 1. The minimum Gasteiger partial charge on any atom is -0.392 e. The van der Waals surface area contributed by atoms with E-state index in [9.17, 15) is 0 Å². The molecule has 1 rings (SSSR count).